The summed E-state index contributed by atoms with van der Waals surface area (Å²) in [6.45, 7) is 1.87. The van der Waals surface area contributed by atoms with Crippen LogP contribution in [0.15, 0.2) is 60.7 Å². The zero-order valence-corrected chi connectivity index (χ0v) is 11.6. The van der Waals surface area contributed by atoms with Crippen LogP contribution in [-0.2, 0) is 4.43 Å². The normalized spacial score (nSPS) is 12.6. The van der Waals surface area contributed by atoms with E-state index in [1.165, 1.54) is 10.4 Å². The number of hydrogen-bond donors (Lipinski definition) is 0. The number of hydrogen-bond acceptors (Lipinski definition) is 1. The second kappa shape index (κ2) is 6.01. The average molecular weight is 263 g/mol. The van der Waals surface area contributed by atoms with Gasteiger partial charge in [0.1, 0.15) is 5.56 Å². The topological polar surface area (TPSA) is 9.23 Å². The van der Waals surface area contributed by atoms with Gasteiger partial charge >= 0.3 is 0 Å². The number of benzene rings is 2. The quantitative estimate of drug-likeness (QED) is 0.606. The van der Waals surface area contributed by atoms with E-state index in [4.69, 9.17) is 16.0 Å². The third kappa shape index (κ3) is 3.43. The van der Waals surface area contributed by atoms with E-state index in [-0.39, 0.29) is 5.56 Å². The summed E-state index contributed by atoms with van der Waals surface area (Å²) < 4.78 is 5.93. The minimum Gasteiger partial charge on any atom is -0.395 e. The molecule has 0 N–H and O–H groups in total. The van der Waals surface area contributed by atoms with Crippen molar-refractivity contribution in [1.82, 2.24) is 0 Å². The summed E-state index contributed by atoms with van der Waals surface area (Å²) in [6.07, 6.45) is 0. The predicted octanol–water partition coefficient (Wildman–Crippen LogP) is 2.13. The molecule has 0 saturated carbocycles. The first-order valence-electron chi connectivity index (χ1n) is 5.67. The molecular formula is C14H15ClOSi. The summed E-state index contributed by atoms with van der Waals surface area (Å²) in [5.41, 5.74) is -0.257. The maximum absolute atomic E-state index is 5.98. The van der Waals surface area contributed by atoms with Crippen molar-refractivity contribution in [3.05, 3.63) is 60.7 Å². The van der Waals surface area contributed by atoms with Crippen molar-refractivity contribution in [2.24, 2.45) is 0 Å². The molecule has 1 atom stereocenters. The lowest BCUT2D eigenvalue weighted by Gasteiger charge is -2.18. The fourth-order valence-electron chi connectivity index (χ4n) is 1.79. The van der Waals surface area contributed by atoms with E-state index in [0.717, 1.165) is 0 Å². The van der Waals surface area contributed by atoms with Gasteiger partial charge in [-0.25, -0.2) is 0 Å². The van der Waals surface area contributed by atoms with Gasteiger partial charge in [-0.1, -0.05) is 72.3 Å². The summed E-state index contributed by atoms with van der Waals surface area (Å²) in [7, 11) is -1.64. The molecule has 0 amide bonds. The lowest BCUT2D eigenvalue weighted by atomic mass is 10.4. The molecule has 0 aliphatic heterocycles. The molecule has 0 bridgehead atoms. The van der Waals surface area contributed by atoms with E-state index in [1.807, 2.05) is 43.3 Å². The Balaban J connectivity index is 2.32. The summed E-state index contributed by atoms with van der Waals surface area (Å²) in [5, 5.41) is 2.51. The van der Waals surface area contributed by atoms with E-state index in [1.54, 1.807) is 0 Å². The van der Waals surface area contributed by atoms with Gasteiger partial charge < -0.3 is 4.43 Å². The van der Waals surface area contributed by atoms with E-state index >= 15 is 0 Å². The average Bonchev–Trinajstić information content (AvgIpc) is 2.38. The molecule has 0 heterocycles. The number of alkyl halides is 1. The van der Waals surface area contributed by atoms with Gasteiger partial charge in [0.2, 0.25) is 9.04 Å². The lowest BCUT2D eigenvalue weighted by molar-refractivity contribution is 0.316. The molecule has 88 valence electrons. The first-order valence-corrected chi connectivity index (χ1v) is 7.73. The van der Waals surface area contributed by atoms with Crippen molar-refractivity contribution in [3.8, 4) is 0 Å². The molecule has 0 spiro atoms. The van der Waals surface area contributed by atoms with Crippen molar-refractivity contribution < 1.29 is 4.43 Å². The second-order valence-corrected chi connectivity index (χ2v) is 6.86. The maximum atomic E-state index is 5.98. The molecular weight excluding hydrogens is 248 g/mol. The molecule has 0 aliphatic carbocycles. The van der Waals surface area contributed by atoms with Crippen LogP contribution in [-0.4, -0.2) is 14.6 Å². The molecule has 1 nitrogen and oxygen atoms in total. The second-order valence-electron chi connectivity index (χ2n) is 3.88. The Hall–Kier alpha value is -1.09. The fraction of sp³-hybridized carbons (Fsp3) is 0.143. The van der Waals surface area contributed by atoms with Crippen LogP contribution in [0.1, 0.15) is 6.92 Å². The third-order valence-corrected chi connectivity index (χ3v) is 5.46. The van der Waals surface area contributed by atoms with Gasteiger partial charge in [-0.3, -0.25) is 0 Å². The van der Waals surface area contributed by atoms with Gasteiger partial charge in [-0.05, 0) is 17.3 Å². The van der Waals surface area contributed by atoms with Crippen LogP contribution in [0.5, 0.6) is 0 Å². The monoisotopic (exact) mass is 262 g/mol. The zero-order chi connectivity index (χ0) is 12.1. The standard InChI is InChI=1S/C14H15ClOSi/c1-12(15)16-17(13-8-4-2-5-9-13)14-10-6-3-7-11-14/h2-12,17H,1H3. The molecule has 1 unspecified atom stereocenters. The van der Waals surface area contributed by atoms with Crippen LogP contribution in [0.3, 0.4) is 0 Å². The van der Waals surface area contributed by atoms with Crippen LogP contribution >= 0.6 is 11.6 Å². The van der Waals surface area contributed by atoms with Crippen LogP contribution < -0.4 is 10.4 Å². The van der Waals surface area contributed by atoms with Gasteiger partial charge in [-0.15, -0.1) is 0 Å². The van der Waals surface area contributed by atoms with Gasteiger partial charge in [0, 0.05) is 0 Å². The summed E-state index contributed by atoms with van der Waals surface area (Å²) >= 11 is 5.98. The molecule has 2 rings (SSSR count). The lowest BCUT2D eigenvalue weighted by Crippen LogP contribution is -2.46. The molecule has 0 saturated heterocycles. The third-order valence-electron chi connectivity index (χ3n) is 2.53. The minimum absolute atomic E-state index is 0.257. The Morgan fingerprint density at radius 1 is 0.882 bits per heavy atom. The van der Waals surface area contributed by atoms with E-state index < -0.39 is 9.04 Å². The Morgan fingerprint density at radius 2 is 1.29 bits per heavy atom. The zero-order valence-electron chi connectivity index (χ0n) is 9.71. The summed E-state index contributed by atoms with van der Waals surface area (Å²) in [5.74, 6) is 0. The molecule has 2 aromatic rings. The predicted molar refractivity (Wildman–Crippen MR) is 75.7 cm³/mol. The SMILES string of the molecule is CC(Cl)O[SiH](c1ccccc1)c1ccccc1. The largest absolute Gasteiger partial charge is 0.395 e. The summed E-state index contributed by atoms with van der Waals surface area (Å²) in [4.78, 5) is 0. The highest BCUT2D eigenvalue weighted by molar-refractivity contribution is 6.80. The van der Waals surface area contributed by atoms with Gasteiger partial charge in [0.25, 0.3) is 0 Å². The van der Waals surface area contributed by atoms with Gasteiger partial charge in [-0.2, -0.15) is 0 Å². The fourth-order valence-corrected chi connectivity index (χ4v) is 4.32. The van der Waals surface area contributed by atoms with Gasteiger partial charge in [0.05, 0.1) is 0 Å². The molecule has 0 radical (unpaired) electrons. The van der Waals surface area contributed by atoms with Crippen molar-refractivity contribution >= 4 is 31.0 Å². The Bertz CT molecular complexity index is 405. The highest BCUT2D eigenvalue weighted by Crippen LogP contribution is 2.01. The smallest absolute Gasteiger partial charge is 0.241 e. The van der Waals surface area contributed by atoms with Crippen LogP contribution in [0, 0.1) is 0 Å². The Kier molecular flexibility index (Phi) is 4.37. The first-order chi connectivity index (χ1) is 8.27. The van der Waals surface area contributed by atoms with Crippen molar-refractivity contribution in [2.75, 3.05) is 0 Å². The molecule has 17 heavy (non-hydrogen) atoms. The summed E-state index contributed by atoms with van der Waals surface area (Å²) in [6, 6.07) is 20.7. The highest BCUT2D eigenvalue weighted by Gasteiger charge is 2.18. The van der Waals surface area contributed by atoms with Crippen LogP contribution in [0.25, 0.3) is 0 Å². The highest BCUT2D eigenvalue weighted by atomic mass is 35.5. The minimum atomic E-state index is -1.64. The number of halogens is 1. The molecule has 3 heteroatoms. The Labute approximate surface area is 109 Å². The molecule has 0 aromatic heterocycles. The number of rotatable bonds is 4. The first kappa shape index (κ1) is 12.4. The van der Waals surface area contributed by atoms with E-state index in [2.05, 4.69) is 24.3 Å². The molecule has 2 aromatic carbocycles. The molecule has 0 aliphatic rings. The molecule has 0 fully saturated rings. The van der Waals surface area contributed by atoms with Crippen LogP contribution in [0.4, 0.5) is 0 Å². The maximum Gasteiger partial charge on any atom is 0.241 e. The van der Waals surface area contributed by atoms with E-state index in [9.17, 15) is 0 Å². The van der Waals surface area contributed by atoms with Crippen molar-refractivity contribution in [1.29, 1.82) is 0 Å². The van der Waals surface area contributed by atoms with Crippen molar-refractivity contribution in [2.45, 2.75) is 12.5 Å². The van der Waals surface area contributed by atoms with Gasteiger partial charge in [0.15, 0.2) is 0 Å². The van der Waals surface area contributed by atoms with E-state index in [0.29, 0.717) is 0 Å². The Morgan fingerprint density at radius 3 is 1.65 bits per heavy atom. The van der Waals surface area contributed by atoms with Crippen molar-refractivity contribution in [3.63, 3.8) is 0 Å². The van der Waals surface area contributed by atoms with Crippen LogP contribution in [0.2, 0.25) is 0 Å².